The van der Waals surface area contributed by atoms with Gasteiger partial charge in [0, 0.05) is 13.1 Å². The standard InChI is InChI=1S/C15H31N3O2/c1-5-7-9-18(10-8-6-2)13(19)11-17-15(20)14(16)12(3)4/h12,14H,5-11,16H2,1-4H3,(H,17,20)/t14-/m0/s1. The third kappa shape index (κ3) is 7.48. The van der Waals surface area contributed by atoms with Gasteiger partial charge < -0.3 is 16.0 Å². The zero-order valence-corrected chi connectivity index (χ0v) is 13.4. The number of amides is 2. The Balaban J connectivity index is 4.26. The van der Waals surface area contributed by atoms with Crippen LogP contribution in [0.15, 0.2) is 0 Å². The number of hydrogen-bond donors (Lipinski definition) is 2. The van der Waals surface area contributed by atoms with E-state index in [1.165, 1.54) is 0 Å². The van der Waals surface area contributed by atoms with Crippen molar-refractivity contribution < 1.29 is 9.59 Å². The number of nitrogens with two attached hydrogens (primary N) is 1. The third-order valence-corrected chi connectivity index (χ3v) is 3.35. The van der Waals surface area contributed by atoms with Gasteiger partial charge in [-0.2, -0.15) is 0 Å². The average Bonchev–Trinajstić information content (AvgIpc) is 2.43. The molecule has 0 fully saturated rings. The van der Waals surface area contributed by atoms with Crippen LogP contribution in [0.1, 0.15) is 53.4 Å². The quantitative estimate of drug-likeness (QED) is 0.639. The number of nitrogens with zero attached hydrogens (tertiary/aromatic N) is 1. The molecule has 0 aromatic carbocycles. The van der Waals surface area contributed by atoms with Gasteiger partial charge in [0.15, 0.2) is 0 Å². The normalized spacial score (nSPS) is 12.3. The lowest BCUT2D eigenvalue weighted by atomic mass is 10.1. The predicted octanol–water partition coefficient (Wildman–Crippen LogP) is 1.51. The van der Waals surface area contributed by atoms with Crippen LogP contribution >= 0.6 is 0 Å². The molecule has 0 heterocycles. The summed E-state index contributed by atoms with van der Waals surface area (Å²) in [5, 5.41) is 2.64. The summed E-state index contributed by atoms with van der Waals surface area (Å²) >= 11 is 0. The number of nitrogens with one attached hydrogen (secondary N) is 1. The molecule has 3 N–H and O–H groups in total. The van der Waals surface area contributed by atoms with E-state index in [9.17, 15) is 9.59 Å². The maximum Gasteiger partial charge on any atom is 0.241 e. The highest BCUT2D eigenvalue weighted by Gasteiger charge is 2.19. The van der Waals surface area contributed by atoms with E-state index in [1.807, 2.05) is 18.7 Å². The van der Waals surface area contributed by atoms with Gasteiger partial charge in [0.2, 0.25) is 11.8 Å². The van der Waals surface area contributed by atoms with Crippen LogP contribution in [0.25, 0.3) is 0 Å². The molecule has 5 nitrogen and oxygen atoms in total. The molecule has 0 unspecified atom stereocenters. The molecule has 5 heteroatoms. The summed E-state index contributed by atoms with van der Waals surface area (Å²) in [5.74, 6) is -0.197. The maximum absolute atomic E-state index is 12.1. The molecule has 20 heavy (non-hydrogen) atoms. The highest BCUT2D eigenvalue weighted by Crippen LogP contribution is 2.01. The van der Waals surface area contributed by atoms with Gasteiger partial charge in [-0.1, -0.05) is 40.5 Å². The number of rotatable bonds is 10. The number of unbranched alkanes of at least 4 members (excludes halogenated alkanes) is 2. The molecule has 0 saturated carbocycles. The lowest BCUT2D eigenvalue weighted by molar-refractivity contribution is -0.133. The van der Waals surface area contributed by atoms with Gasteiger partial charge in [0.05, 0.1) is 12.6 Å². The molecule has 0 rings (SSSR count). The molecular weight excluding hydrogens is 254 g/mol. The van der Waals surface area contributed by atoms with E-state index < -0.39 is 6.04 Å². The fraction of sp³-hybridized carbons (Fsp3) is 0.867. The fourth-order valence-electron chi connectivity index (χ4n) is 1.75. The monoisotopic (exact) mass is 285 g/mol. The molecule has 0 aromatic heterocycles. The van der Waals surface area contributed by atoms with Crippen molar-refractivity contribution in [3.8, 4) is 0 Å². The van der Waals surface area contributed by atoms with Gasteiger partial charge in [-0.15, -0.1) is 0 Å². The lowest BCUT2D eigenvalue weighted by Gasteiger charge is -2.23. The SMILES string of the molecule is CCCCN(CCCC)C(=O)CNC(=O)[C@@H](N)C(C)C. The second kappa shape index (κ2) is 10.7. The molecule has 0 saturated heterocycles. The van der Waals surface area contributed by atoms with Gasteiger partial charge in [-0.3, -0.25) is 9.59 Å². The molecule has 0 spiro atoms. The minimum Gasteiger partial charge on any atom is -0.346 e. The van der Waals surface area contributed by atoms with E-state index in [0.29, 0.717) is 0 Å². The van der Waals surface area contributed by atoms with Crippen LogP contribution in [-0.4, -0.2) is 42.4 Å². The van der Waals surface area contributed by atoms with Crippen molar-refractivity contribution in [3.63, 3.8) is 0 Å². The minimum absolute atomic E-state index is 0.0174. The number of hydrogen-bond acceptors (Lipinski definition) is 3. The zero-order valence-electron chi connectivity index (χ0n) is 13.4. The summed E-state index contributed by atoms with van der Waals surface area (Å²) in [6.07, 6.45) is 4.10. The Morgan fingerprint density at radius 3 is 2.00 bits per heavy atom. The first-order valence-electron chi connectivity index (χ1n) is 7.75. The van der Waals surface area contributed by atoms with Crippen LogP contribution in [0.2, 0.25) is 0 Å². The average molecular weight is 285 g/mol. The largest absolute Gasteiger partial charge is 0.346 e. The Bertz CT molecular complexity index is 285. The van der Waals surface area contributed by atoms with Gasteiger partial charge in [0.25, 0.3) is 0 Å². The summed E-state index contributed by atoms with van der Waals surface area (Å²) < 4.78 is 0. The smallest absolute Gasteiger partial charge is 0.241 e. The molecule has 0 aliphatic rings. The summed E-state index contributed by atoms with van der Waals surface area (Å²) in [6.45, 7) is 9.56. The van der Waals surface area contributed by atoms with Crippen LogP contribution in [0, 0.1) is 5.92 Å². The van der Waals surface area contributed by atoms with Crippen molar-refractivity contribution in [3.05, 3.63) is 0 Å². The van der Waals surface area contributed by atoms with Crippen LogP contribution in [0.4, 0.5) is 0 Å². The van der Waals surface area contributed by atoms with Gasteiger partial charge in [0.1, 0.15) is 0 Å². The van der Waals surface area contributed by atoms with E-state index in [0.717, 1.165) is 38.8 Å². The molecule has 0 aliphatic carbocycles. The Hall–Kier alpha value is -1.10. The minimum atomic E-state index is -0.553. The summed E-state index contributed by atoms with van der Waals surface area (Å²) in [5.41, 5.74) is 5.75. The second-order valence-corrected chi connectivity index (χ2v) is 5.58. The van der Waals surface area contributed by atoms with Crippen LogP contribution in [-0.2, 0) is 9.59 Å². The highest BCUT2D eigenvalue weighted by molar-refractivity contribution is 5.87. The fourth-order valence-corrected chi connectivity index (χ4v) is 1.75. The number of carbonyl (C=O) groups is 2. The van der Waals surface area contributed by atoms with Crippen molar-refractivity contribution >= 4 is 11.8 Å². The first-order valence-corrected chi connectivity index (χ1v) is 7.75. The van der Waals surface area contributed by atoms with Crippen molar-refractivity contribution in [2.45, 2.75) is 59.4 Å². The van der Waals surface area contributed by atoms with Gasteiger partial charge >= 0.3 is 0 Å². The van der Waals surface area contributed by atoms with Gasteiger partial charge in [-0.05, 0) is 18.8 Å². The Labute approximate surface area is 123 Å². The second-order valence-electron chi connectivity index (χ2n) is 5.58. The molecule has 0 bridgehead atoms. The van der Waals surface area contributed by atoms with Gasteiger partial charge in [-0.25, -0.2) is 0 Å². The van der Waals surface area contributed by atoms with E-state index in [4.69, 9.17) is 5.73 Å². The summed E-state index contributed by atoms with van der Waals surface area (Å²) in [4.78, 5) is 25.7. The molecule has 0 aromatic rings. The Morgan fingerprint density at radius 1 is 1.10 bits per heavy atom. The summed E-state index contributed by atoms with van der Waals surface area (Å²) in [6, 6.07) is -0.553. The van der Waals surface area contributed by atoms with E-state index in [2.05, 4.69) is 19.2 Å². The molecule has 1 atom stereocenters. The molecule has 118 valence electrons. The topological polar surface area (TPSA) is 75.4 Å². The third-order valence-electron chi connectivity index (χ3n) is 3.35. The maximum atomic E-state index is 12.1. The molecule has 0 aliphatic heterocycles. The van der Waals surface area contributed by atoms with E-state index in [-0.39, 0.29) is 24.3 Å². The van der Waals surface area contributed by atoms with E-state index in [1.54, 1.807) is 0 Å². The number of carbonyl (C=O) groups excluding carboxylic acids is 2. The molecule has 2 amide bonds. The van der Waals surface area contributed by atoms with Crippen LogP contribution in [0.3, 0.4) is 0 Å². The molecular formula is C15H31N3O2. The zero-order chi connectivity index (χ0) is 15.5. The highest BCUT2D eigenvalue weighted by atomic mass is 16.2. The van der Waals surface area contributed by atoms with E-state index >= 15 is 0 Å². The Morgan fingerprint density at radius 2 is 1.60 bits per heavy atom. The summed E-state index contributed by atoms with van der Waals surface area (Å²) in [7, 11) is 0. The van der Waals surface area contributed by atoms with Crippen molar-refractivity contribution in [1.29, 1.82) is 0 Å². The lowest BCUT2D eigenvalue weighted by Crippen LogP contribution is -2.48. The predicted molar refractivity (Wildman–Crippen MR) is 82.2 cm³/mol. The van der Waals surface area contributed by atoms with Crippen molar-refractivity contribution in [2.24, 2.45) is 11.7 Å². The first-order chi connectivity index (χ1) is 9.43. The Kier molecular flexibility index (Phi) is 10.1. The first kappa shape index (κ1) is 18.9. The van der Waals surface area contributed by atoms with Crippen LogP contribution < -0.4 is 11.1 Å². The van der Waals surface area contributed by atoms with Crippen LogP contribution in [0.5, 0.6) is 0 Å². The van der Waals surface area contributed by atoms with Crippen molar-refractivity contribution in [1.82, 2.24) is 10.2 Å². The molecule has 0 radical (unpaired) electrons. The van der Waals surface area contributed by atoms with Crippen molar-refractivity contribution in [2.75, 3.05) is 19.6 Å².